The minimum Gasteiger partial charge on any atom is -0.475 e. The number of hydrogen-bond acceptors (Lipinski definition) is 5. The molecule has 1 atom stereocenters. The van der Waals surface area contributed by atoms with Gasteiger partial charge in [-0.05, 0) is 48.7 Å². The van der Waals surface area contributed by atoms with Gasteiger partial charge in [-0.3, -0.25) is 9.78 Å². The molecule has 37 heavy (non-hydrogen) atoms. The molecule has 2 aromatic heterocycles. The highest BCUT2D eigenvalue weighted by Gasteiger charge is 2.49. The monoisotopic (exact) mass is 519 g/mol. The molecule has 0 saturated carbocycles. The van der Waals surface area contributed by atoms with Gasteiger partial charge in [0.15, 0.2) is 0 Å². The third-order valence-electron chi connectivity index (χ3n) is 6.48. The van der Waals surface area contributed by atoms with Crippen LogP contribution in [0.25, 0.3) is 10.9 Å². The first kappa shape index (κ1) is 26.6. The Labute approximate surface area is 211 Å². The molecule has 1 aromatic carbocycles. The van der Waals surface area contributed by atoms with Crippen LogP contribution in [0.15, 0.2) is 48.9 Å². The first-order chi connectivity index (χ1) is 17.5. The van der Waals surface area contributed by atoms with Crippen LogP contribution in [0, 0.1) is 6.92 Å². The van der Waals surface area contributed by atoms with E-state index >= 15 is 0 Å². The van der Waals surface area contributed by atoms with E-state index in [0.717, 1.165) is 40.4 Å². The van der Waals surface area contributed by atoms with Crippen LogP contribution in [-0.4, -0.2) is 69.0 Å². The first-order valence-corrected chi connectivity index (χ1v) is 11.8. The van der Waals surface area contributed by atoms with E-state index in [-0.39, 0.29) is 17.6 Å². The SMILES string of the molecule is Cc1cncc(COC2CCOC3(C2)CN(C(=O)c2ccc4c(ccn4C)c2)C3)c1.O=C(O)C(F)(F)F. The summed E-state index contributed by atoms with van der Waals surface area (Å²) < 4.78 is 46.1. The molecule has 8 nitrogen and oxygen atoms in total. The van der Waals surface area contributed by atoms with Gasteiger partial charge in [0.1, 0.15) is 5.60 Å². The van der Waals surface area contributed by atoms with E-state index < -0.39 is 12.1 Å². The highest BCUT2D eigenvalue weighted by Crippen LogP contribution is 2.36. The highest BCUT2D eigenvalue weighted by molar-refractivity contribution is 5.98. The lowest BCUT2D eigenvalue weighted by Gasteiger charge is -2.53. The molecular weight excluding hydrogens is 491 g/mol. The molecular formula is C26H28F3N3O5. The fraction of sp³-hybridized carbons (Fsp3) is 0.423. The molecule has 1 unspecified atom stereocenters. The zero-order valence-electron chi connectivity index (χ0n) is 20.5. The maximum absolute atomic E-state index is 13.0. The number of carbonyl (C=O) groups excluding carboxylic acids is 1. The second kappa shape index (κ2) is 10.5. The van der Waals surface area contributed by atoms with Crippen LogP contribution in [-0.2, 0) is 27.9 Å². The number of alkyl halides is 3. The van der Waals surface area contributed by atoms with Crippen molar-refractivity contribution in [1.82, 2.24) is 14.5 Å². The number of aryl methyl sites for hydroxylation is 2. The molecule has 0 bridgehead atoms. The molecule has 0 aliphatic carbocycles. The van der Waals surface area contributed by atoms with E-state index in [0.29, 0.717) is 26.3 Å². The van der Waals surface area contributed by atoms with Gasteiger partial charge in [-0.1, -0.05) is 6.07 Å². The van der Waals surface area contributed by atoms with Crippen molar-refractivity contribution in [2.45, 2.75) is 44.3 Å². The van der Waals surface area contributed by atoms with Crippen LogP contribution in [0.4, 0.5) is 13.2 Å². The molecule has 4 heterocycles. The summed E-state index contributed by atoms with van der Waals surface area (Å²) in [6.07, 6.45) is 2.50. The van der Waals surface area contributed by atoms with Crippen molar-refractivity contribution in [2.75, 3.05) is 19.7 Å². The Balaban J connectivity index is 0.000000405. The average Bonchev–Trinajstić information content (AvgIpc) is 3.21. The van der Waals surface area contributed by atoms with Crippen molar-refractivity contribution in [1.29, 1.82) is 0 Å². The van der Waals surface area contributed by atoms with Crippen LogP contribution in [0.5, 0.6) is 0 Å². The standard InChI is InChI=1S/C24H27N3O3.C2HF3O2/c1-17-9-18(13-25-12-17)14-29-21-6-8-30-24(11-21)15-27(16-24)23(28)20-3-4-22-19(10-20)5-7-26(22)2;3-2(4,5)1(6)7/h3-5,7,9-10,12-13,21H,6,8,11,14-16H2,1-2H3;(H,6,7). The van der Waals surface area contributed by atoms with Gasteiger partial charge < -0.3 is 24.0 Å². The number of hydrogen-bond donors (Lipinski definition) is 1. The molecule has 2 aliphatic heterocycles. The molecule has 2 fully saturated rings. The summed E-state index contributed by atoms with van der Waals surface area (Å²) in [4.78, 5) is 28.0. The van der Waals surface area contributed by atoms with Crippen LogP contribution < -0.4 is 0 Å². The molecule has 2 aliphatic rings. The van der Waals surface area contributed by atoms with Crippen molar-refractivity contribution in [2.24, 2.45) is 7.05 Å². The fourth-order valence-electron chi connectivity index (χ4n) is 4.65. The van der Waals surface area contributed by atoms with Crippen LogP contribution in [0.3, 0.4) is 0 Å². The lowest BCUT2D eigenvalue weighted by molar-refractivity contribution is -0.192. The Bertz CT molecular complexity index is 1280. The summed E-state index contributed by atoms with van der Waals surface area (Å²) in [6.45, 7) is 4.54. The predicted octanol–water partition coefficient (Wildman–Crippen LogP) is 4.11. The Hall–Kier alpha value is -3.44. The zero-order valence-corrected chi connectivity index (χ0v) is 20.5. The van der Waals surface area contributed by atoms with Crippen LogP contribution in [0.2, 0.25) is 0 Å². The number of benzene rings is 1. The van der Waals surface area contributed by atoms with E-state index in [1.165, 1.54) is 0 Å². The summed E-state index contributed by atoms with van der Waals surface area (Å²) in [5, 5.41) is 8.21. The fourth-order valence-corrected chi connectivity index (χ4v) is 4.65. The molecule has 1 spiro atoms. The quantitative estimate of drug-likeness (QED) is 0.558. The minimum absolute atomic E-state index is 0.0730. The molecule has 2 saturated heterocycles. The van der Waals surface area contributed by atoms with Gasteiger partial charge in [0.2, 0.25) is 0 Å². The van der Waals surface area contributed by atoms with Crippen molar-refractivity contribution in [3.8, 4) is 0 Å². The number of rotatable bonds is 4. The molecule has 3 aromatic rings. The number of aliphatic carboxylic acids is 1. The average molecular weight is 520 g/mol. The van der Waals surface area contributed by atoms with Crippen molar-refractivity contribution in [3.63, 3.8) is 0 Å². The number of halogens is 3. The van der Waals surface area contributed by atoms with E-state index in [9.17, 15) is 18.0 Å². The summed E-state index contributed by atoms with van der Waals surface area (Å²) in [5.74, 6) is -2.68. The number of aromatic nitrogens is 2. The van der Waals surface area contributed by atoms with Gasteiger partial charge in [0.05, 0.1) is 25.8 Å². The Morgan fingerprint density at radius 1 is 1.22 bits per heavy atom. The number of amides is 1. The molecule has 11 heteroatoms. The number of nitrogens with zero attached hydrogens (tertiary/aromatic N) is 3. The Kier molecular flexibility index (Phi) is 7.56. The van der Waals surface area contributed by atoms with Crippen molar-refractivity contribution < 1.29 is 37.3 Å². The lowest BCUT2D eigenvalue weighted by Crippen LogP contribution is -2.67. The summed E-state index contributed by atoms with van der Waals surface area (Å²) in [5.41, 5.74) is 3.84. The summed E-state index contributed by atoms with van der Waals surface area (Å²) in [6, 6.07) is 10.1. The molecule has 0 radical (unpaired) electrons. The van der Waals surface area contributed by atoms with Gasteiger partial charge in [0.25, 0.3) is 5.91 Å². The van der Waals surface area contributed by atoms with Gasteiger partial charge in [-0.25, -0.2) is 4.79 Å². The van der Waals surface area contributed by atoms with Crippen LogP contribution >= 0.6 is 0 Å². The molecule has 1 N–H and O–H groups in total. The predicted molar refractivity (Wildman–Crippen MR) is 128 cm³/mol. The number of carbonyl (C=O) groups is 2. The third kappa shape index (κ3) is 6.28. The van der Waals surface area contributed by atoms with Crippen molar-refractivity contribution in [3.05, 3.63) is 65.6 Å². The lowest BCUT2D eigenvalue weighted by atomic mass is 9.84. The van der Waals surface area contributed by atoms with Crippen LogP contribution in [0.1, 0.15) is 34.3 Å². The maximum Gasteiger partial charge on any atom is 0.490 e. The van der Waals surface area contributed by atoms with E-state index in [2.05, 4.69) is 15.6 Å². The molecule has 1 amide bonds. The normalized spacial score (nSPS) is 18.7. The van der Waals surface area contributed by atoms with E-state index in [1.807, 2.05) is 61.7 Å². The second-order valence-electron chi connectivity index (χ2n) is 9.49. The number of carboxylic acid groups (broad SMARTS) is 1. The zero-order chi connectivity index (χ0) is 26.8. The summed E-state index contributed by atoms with van der Waals surface area (Å²) in [7, 11) is 2.01. The topological polar surface area (TPSA) is 93.9 Å². The van der Waals surface area contributed by atoms with E-state index in [4.69, 9.17) is 19.4 Å². The van der Waals surface area contributed by atoms with Crippen molar-refractivity contribution >= 4 is 22.8 Å². The van der Waals surface area contributed by atoms with Gasteiger partial charge in [-0.2, -0.15) is 13.2 Å². The van der Waals surface area contributed by atoms with E-state index in [1.54, 1.807) is 0 Å². The number of carboxylic acids is 1. The maximum atomic E-state index is 13.0. The Morgan fingerprint density at radius 2 is 1.95 bits per heavy atom. The minimum atomic E-state index is -5.08. The largest absolute Gasteiger partial charge is 0.490 e. The Morgan fingerprint density at radius 3 is 2.62 bits per heavy atom. The highest BCUT2D eigenvalue weighted by atomic mass is 19.4. The second-order valence-corrected chi connectivity index (χ2v) is 9.49. The number of likely N-dealkylation sites (tertiary alicyclic amines) is 1. The van der Waals surface area contributed by atoms with Gasteiger partial charge in [-0.15, -0.1) is 0 Å². The summed E-state index contributed by atoms with van der Waals surface area (Å²) >= 11 is 0. The smallest absolute Gasteiger partial charge is 0.475 e. The number of fused-ring (bicyclic) bond motifs is 1. The van der Waals surface area contributed by atoms with Gasteiger partial charge in [0, 0.05) is 55.1 Å². The molecule has 198 valence electrons. The number of pyridine rings is 1. The number of ether oxygens (including phenoxy) is 2. The van der Waals surface area contributed by atoms with Gasteiger partial charge >= 0.3 is 12.1 Å². The first-order valence-electron chi connectivity index (χ1n) is 11.8. The molecule has 5 rings (SSSR count). The third-order valence-corrected chi connectivity index (χ3v) is 6.48.